The van der Waals surface area contributed by atoms with Gasteiger partial charge in [0.25, 0.3) is 0 Å². The van der Waals surface area contributed by atoms with Gasteiger partial charge in [-0.3, -0.25) is 4.90 Å². The molecule has 0 spiro atoms. The Labute approximate surface area is 131 Å². The van der Waals surface area contributed by atoms with Crippen molar-refractivity contribution in [2.24, 2.45) is 5.92 Å². The topological polar surface area (TPSA) is 54.2 Å². The van der Waals surface area contributed by atoms with Crippen LogP contribution in [0, 0.1) is 5.92 Å². The molecule has 2 aliphatic rings. The normalized spacial score (nSPS) is 25.1. The lowest BCUT2D eigenvalue weighted by atomic mass is 10.1. The summed E-state index contributed by atoms with van der Waals surface area (Å²) in [5, 5.41) is 7.87. The summed E-state index contributed by atoms with van der Waals surface area (Å²) in [5.41, 5.74) is 0. The third kappa shape index (κ3) is 3.99. The highest BCUT2D eigenvalue weighted by atomic mass is 32.2. The highest BCUT2D eigenvalue weighted by Gasteiger charge is 2.33. The highest BCUT2D eigenvalue weighted by Crippen LogP contribution is 2.34. The number of nitrogens with zero attached hydrogens (tertiary/aromatic N) is 3. The van der Waals surface area contributed by atoms with Gasteiger partial charge in [-0.2, -0.15) is 16.7 Å². The van der Waals surface area contributed by atoms with Crippen LogP contribution in [0.25, 0.3) is 0 Å². The Morgan fingerprint density at radius 2 is 2.33 bits per heavy atom. The van der Waals surface area contributed by atoms with E-state index >= 15 is 0 Å². The molecule has 2 fully saturated rings. The molecule has 1 saturated carbocycles. The zero-order chi connectivity index (χ0) is 14.7. The van der Waals surface area contributed by atoms with Gasteiger partial charge in [0.2, 0.25) is 5.89 Å². The Bertz CT molecular complexity index is 449. The van der Waals surface area contributed by atoms with E-state index in [-0.39, 0.29) is 0 Å². The van der Waals surface area contributed by atoms with Crippen molar-refractivity contribution in [3.63, 3.8) is 0 Å². The SMILES string of the molecule is CCCNC(Cc1nc(C2CSCCN2C)no1)C1CC1. The van der Waals surface area contributed by atoms with Crippen LogP contribution in [0.2, 0.25) is 0 Å². The van der Waals surface area contributed by atoms with Gasteiger partial charge in [0.15, 0.2) is 5.82 Å². The van der Waals surface area contributed by atoms with Crippen LogP contribution in [0.5, 0.6) is 0 Å². The largest absolute Gasteiger partial charge is 0.339 e. The lowest BCUT2D eigenvalue weighted by molar-refractivity contribution is 0.256. The maximum Gasteiger partial charge on any atom is 0.228 e. The molecule has 6 heteroatoms. The Morgan fingerprint density at radius 1 is 1.48 bits per heavy atom. The Morgan fingerprint density at radius 3 is 3.05 bits per heavy atom. The molecule has 0 aromatic carbocycles. The second kappa shape index (κ2) is 7.11. The van der Waals surface area contributed by atoms with Gasteiger partial charge in [0, 0.05) is 30.5 Å². The minimum Gasteiger partial charge on any atom is -0.339 e. The minimum absolute atomic E-state index is 0.309. The number of hydrogen-bond donors (Lipinski definition) is 1. The molecule has 0 amide bonds. The summed E-state index contributed by atoms with van der Waals surface area (Å²) in [4.78, 5) is 7.00. The number of aromatic nitrogens is 2. The first-order chi connectivity index (χ1) is 10.3. The standard InChI is InChI=1S/C15H26N4OS/c1-3-6-16-12(11-4-5-11)9-14-17-15(18-20-14)13-10-21-8-7-19(13)2/h11-13,16H,3-10H2,1-2H3. The van der Waals surface area contributed by atoms with E-state index < -0.39 is 0 Å². The van der Waals surface area contributed by atoms with Gasteiger partial charge in [0.1, 0.15) is 0 Å². The van der Waals surface area contributed by atoms with Gasteiger partial charge in [0.05, 0.1) is 6.04 Å². The number of hydrogen-bond acceptors (Lipinski definition) is 6. The number of nitrogens with one attached hydrogen (secondary N) is 1. The van der Waals surface area contributed by atoms with E-state index in [4.69, 9.17) is 4.52 Å². The molecule has 5 nitrogen and oxygen atoms in total. The first-order valence-corrected chi connectivity index (χ1v) is 9.27. The van der Waals surface area contributed by atoms with E-state index in [0.717, 1.165) is 42.9 Å². The maximum atomic E-state index is 5.52. The van der Waals surface area contributed by atoms with E-state index in [0.29, 0.717) is 12.1 Å². The van der Waals surface area contributed by atoms with Crippen molar-refractivity contribution in [1.29, 1.82) is 0 Å². The Balaban J connectivity index is 1.60. The molecule has 2 unspecified atom stereocenters. The predicted molar refractivity (Wildman–Crippen MR) is 85.5 cm³/mol. The molecule has 1 aromatic heterocycles. The van der Waals surface area contributed by atoms with Crippen LogP contribution >= 0.6 is 11.8 Å². The average Bonchev–Trinajstić information content (AvgIpc) is 3.24. The fourth-order valence-corrected chi connectivity index (χ4v) is 4.08. The molecule has 21 heavy (non-hydrogen) atoms. The van der Waals surface area contributed by atoms with Gasteiger partial charge in [-0.1, -0.05) is 12.1 Å². The van der Waals surface area contributed by atoms with E-state index in [1.165, 1.54) is 25.0 Å². The summed E-state index contributed by atoms with van der Waals surface area (Å²) in [6.45, 7) is 4.38. The van der Waals surface area contributed by atoms with Crippen molar-refractivity contribution in [2.45, 2.75) is 44.7 Å². The zero-order valence-corrected chi connectivity index (χ0v) is 13.9. The second-order valence-electron chi connectivity index (χ2n) is 6.22. The third-order valence-corrected chi connectivity index (χ3v) is 5.44. The first-order valence-electron chi connectivity index (χ1n) is 8.11. The monoisotopic (exact) mass is 310 g/mol. The molecule has 2 atom stereocenters. The molecule has 3 rings (SSSR count). The van der Waals surface area contributed by atoms with Crippen molar-refractivity contribution in [3.05, 3.63) is 11.7 Å². The molecular formula is C15H26N4OS. The average molecular weight is 310 g/mol. The fraction of sp³-hybridized carbons (Fsp3) is 0.867. The minimum atomic E-state index is 0.309. The summed E-state index contributed by atoms with van der Waals surface area (Å²) in [5.74, 6) is 4.73. The maximum absolute atomic E-state index is 5.52. The van der Waals surface area contributed by atoms with Crippen LogP contribution in [-0.4, -0.2) is 52.7 Å². The molecule has 1 saturated heterocycles. The summed E-state index contributed by atoms with van der Waals surface area (Å²) < 4.78 is 5.52. The summed E-state index contributed by atoms with van der Waals surface area (Å²) >= 11 is 1.98. The van der Waals surface area contributed by atoms with Crippen molar-refractivity contribution in [3.8, 4) is 0 Å². The molecule has 1 N–H and O–H groups in total. The lowest BCUT2D eigenvalue weighted by Crippen LogP contribution is -2.34. The summed E-state index contributed by atoms with van der Waals surface area (Å²) in [6, 6.07) is 0.820. The molecule has 0 radical (unpaired) electrons. The molecule has 1 aliphatic heterocycles. The van der Waals surface area contributed by atoms with Gasteiger partial charge in [-0.15, -0.1) is 0 Å². The zero-order valence-electron chi connectivity index (χ0n) is 13.0. The van der Waals surface area contributed by atoms with E-state index in [1.807, 2.05) is 11.8 Å². The van der Waals surface area contributed by atoms with Crippen LogP contribution in [0.3, 0.4) is 0 Å². The Hall–Kier alpha value is -0.590. The van der Waals surface area contributed by atoms with E-state index in [1.54, 1.807) is 0 Å². The summed E-state index contributed by atoms with van der Waals surface area (Å²) in [7, 11) is 2.15. The van der Waals surface area contributed by atoms with Crippen LogP contribution in [0.4, 0.5) is 0 Å². The van der Waals surface area contributed by atoms with E-state index in [2.05, 4.69) is 34.3 Å². The molecule has 118 valence electrons. The molecule has 0 bridgehead atoms. The molecule has 1 aromatic rings. The lowest BCUT2D eigenvalue weighted by Gasteiger charge is -2.29. The van der Waals surface area contributed by atoms with E-state index in [9.17, 15) is 0 Å². The fourth-order valence-electron chi connectivity index (χ4n) is 2.87. The second-order valence-corrected chi connectivity index (χ2v) is 7.37. The van der Waals surface area contributed by atoms with Gasteiger partial charge >= 0.3 is 0 Å². The molecule has 2 heterocycles. The van der Waals surface area contributed by atoms with Gasteiger partial charge in [-0.05, 0) is 38.8 Å². The molecule has 1 aliphatic carbocycles. The molecular weight excluding hydrogens is 284 g/mol. The van der Waals surface area contributed by atoms with Crippen molar-refractivity contribution >= 4 is 11.8 Å². The van der Waals surface area contributed by atoms with Crippen molar-refractivity contribution < 1.29 is 4.52 Å². The van der Waals surface area contributed by atoms with Gasteiger partial charge in [-0.25, -0.2) is 0 Å². The predicted octanol–water partition coefficient (Wildman–Crippen LogP) is 2.11. The highest BCUT2D eigenvalue weighted by molar-refractivity contribution is 7.99. The van der Waals surface area contributed by atoms with Crippen LogP contribution in [-0.2, 0) is 6.42 Å². The quantitative estimate of drug-likeness (QED) is 0.832. The number of thioether (sulfide) groups is 1. The van der Waals surface area contributed by atoms with Crippen LogP contribution < -0.4 is 5.32 Å². The first kappa shape index (κ1) is 15.3. The Kier molecular flexibility index (Phi) is 5.19. The smallest absolute Gasteiger partial charge is 0.228 e. The van der Waals surface area contributed by atoms with Crippen LogP contribution in [0.15, 0.2) is 4.52 Å². The van der Waals surface area contributed by atoms with Crippen molar-refractivity contribution in [2.75, 3.05) is 31.6 Å². The van der Waals surface area contributed by atoms with Crippen LogP contribution in [0.1, 0.15) is 43.9 Å². The third-order valence-electron chi connectivity index (χ3n) is 4.42. The van der Waals surface area contributed by atoms with Crippen molar-refractivity contribution in [1.82, 2.24) is 20.4 Å². The van der Waals surface area contributed by atoms with Gasteiger partial charge < -0.3 is 9.84 Å². The summed E-state index contributed by atoms with van der Waals surface area (Å²) in [6.07, 6.45) is 4.72. The number of rotatable bonds is 7.